The Hall–Kier alpha value is -2.35. The van der Waals surface area contributed by atoms with Crippen molar-refractivity contribution in [1.82, 2.24) is 0 Å². The van der Waals surface area contributed by atoms with Crippen LogP contribution < -0.4 is 0 Å². The van der Waals surface area contributed by atoms with Crippen LogP contribution in [0.3, 0.4) is 0 Å². The summed E-state index contributed by atoms with van der Waals surface area (Å²) in [5.41, 5.74) is 2.86. The smallest absolute Gasteiger partial charge is 0.305 e. The molecule has 2 nitrogen and oxygen atoms in total. The number of unbranched alkanes of at least 4 members (excludes halogenated alkanes) is 3. The molecule has 0 spiro atoms. The van der Waals surface area contributed by atoms with Crippen LogP contribution in [0.1, 0.15) is 97.6 Å². The molecule has 3 aromatic carbocycles. The Labute approximate surface area is 200 Å². The molecule has 0 atom stereocenters. The van der Waals surface area contributed by atoms with Crippen molar-refractivity contribution in [3.05, 3.63) is 59.7 Å². The quantitative estimate of drug-likeness (QED) is 0.177. The summed E-state index contributed by atoms with van der Waals surface area (Å²) >= 11 is 0. The SMILES string of the molecule is CCCCCCOC(=O)CCCC(C)(C)c1ccc2cc3cc(C(C)(C)C)ccc3cc2c1. The van der Waals surface area contributed by atoms with E-state index in [9.17, 15) is 4.79 Å². The van der Waals surface area contributed by atoms with E-state index in [1.54, 1.807) is 0 Å². The average molecular weight is 447 g/mol. The number of ether oxygens (including phenoxy) is 1. The molecular formula is C31H42O2. The van der Waals surface area contributed by atoms with E-state index in [0.717, 1.165) is 25.7 Å². The molecule has 0 fully saturated rings. The molecule has 0 N–H and O–H groups in total. The van der Waals surface area contributed by atoms with Gasteiger partial charge in [-0.3, -0.25) is 4.79 Å². The van der Waals surface area contributed by atoms with Gasteiger partial charge in [-0.25, -0.2) is 0 Å². The van der Waals surface area contributed by atoms with E-state index in [1.807, 2.05) is 0 Å². The van der Waals surface area contributed by atoms with Gasteiger partial charge < -0.3 is 4.74 Å². The van der Waals surface area contributed by atoms with Crippen molar-refractivity contribution in [2.45, 2.75) is 97.3 Å². The third-order valence-corrected chi connectivity index (χ3v) is 6.89. The van der Waals surface area contributed by atoms with Crippen LogP contribution in [0.2, 0.25) is 0 Å². The number of carbonyl (C=O) groups is 1. The number of benzene rings is 3. The van der Waals surface area contributed by atoms with Gasteiger partial charge in [-0.05, 0) is 74.9 Å². The summed E-state index contributed by atoms with van der Waals surface area (Å²) < 4.78 is 5.40. The number of rotatable bonds is 10. The zero-order chi connectivity index (χ0) is 24.1. The molecule has 0 heterocycles. The van der Waals surface area contributed by atoms with Gasteiger partial charge in [0.05, 0.1) is 6.61 Å². The summed E-state index contributed by atoms with van der Waals surface area (Å²) in [4.78, 5) is 12.1. The van der Waals surface area contributed by atoms with Crippen LogP contribution in [0.5, 0.6) is 0 Å². The van der Waals surface area contributed by atoms with E-state index in [0.29, 0.717) is 13.0 Å². The summed E-state index contributed by atoms with van der Waals surface area (Å²) in [6.07, 6.45) is 6.86. The van der Waals surface area contributed by atoms with Crippen LogP contribution in [0.25, 0.3) is 21.5 Å². The van der Waals surface area contributed by atoms with Gasteiger partial charge in [0.2, 0.25) is 0 Å². The molecule has 3 rings (SSSR count). The lowest BCUT2D eigenvalue weighted by Gasteiger charge is -2.26. The molecule has 0 aliphatic carbocycles. The van der Waals surface area contributed by atoms with Gasteiger partial charge in [0.15, 0.2) is 0 Å². The van der Waals surface area contributed by atoms with Gasteiger partial charge in [-0.15, -0.1) is 0 Å². The topological polar surface area (TPSA) is 26.3 Å². The minimum atomic E-state index is -0.0538. The standard InChI is InChI=1S/C31H42O2/c1-7-8-9-10-18-33-29(32)12-11-17-31(5,6)28-16-14-24-19-25-21-27(30(2,3)4)15-13-23(25)20-26(24)22-28/h13-16,19-22H,7-12,17-18H2,1-6H3. The zero-order valence-electron chi connectivity index (χ0n) is 21.6. The molecule has 178 valence electrons. The van der Waals surface area contributed by atoms with Crippen LogP contribution in [-0.2, 0) is 20.4 Å². The predicted molar refractivity (Wildman–Crippen MR) is 142 cm³/mol. The fourth-order valence-electron chi connectivity index (χ4n) is 4.49. The molecule has 2 heteroatoms. The van der Waals surface area contributed by atoms with Crippen LogP contribution >= 0.6 is 0 Å². The largest absolute Gasteiger partial charge is 0.466 e. The normalized spacial score (nSPS) is 12.4. The monoisotopic (exact) mass is 446 g/mol. The van der Waals surface area contributed by atoms with Crippen LogP contribution in [0, 0.1) is 0 Å². The van der Waals surface area contributed by atoms with Gasteiger partial charge in [0.25, 0.3) is 0 Å². The predicted octanol–water partition coefficient (Wildman–Crippen LogP) is 8.86. The first-order chi connectivity index (χ1) is 15.6. The van der Waals surface area contributed by atoms with E-state index in [1.165, 1.54) is 45.5 Å². The van der Waals surface area contributed by atoms with E-state index in [4.69, 9.17) is 4.74 Å². The molecule has 0 aliphatic heterocycles. The highest BCUT2D eigenvalue weighted by atomic mass is 16.5. The second kappa shape index (κ2) is 10.7. The fourth-order valence-corrected chi connectivity index (χ4v) is 4.49. The highest BCUT2D eigenvalue weighted by Gasteiger charge is 2.21. The van der Waals surface area contributed by atoms with Crippen molar-refractivity contribution in [2.24, 2.45) is 0 Å². The van der Waals surface area contributed by atoms with Gasteiger partial charge in [0, 0.05) is 6.42 Å². The van der Waals surface area contributed by atoms with Gasteiger partial charge >= 0.3 is 5.97 Å². The lowest BCUT2D eigenvalue weighted by Crippen LogP contribution is -2.18. The number of hydrogen-bond donors (Lipinski definition) is 0. The summed E-state index contributed by atoms with van der Waals surface area (Å²) in [5, 5.41) is 5.14. The van der Waals surface area contributed by atoms with Gasteiger partial charge in [-0.2, -0.15) is 0 Å². The molecule has 0 amide bonds. The zero-order valence-corrected chi connectivity index (χ0v) is 21.6. The van der Waals surface area contributed by atoms with E-state index < -0.39 is 0 Å². The molecule has 0 saturated heterocycles. The van der Waals surface area contributed by atoms with Gasteiger partial charge in [-0.1, -0.05) is 97.2 Å². The van der Waals surface area contributed by atoms with Crippen LogP contribution in [0.4, 0.5) is 0 Å². The Kier molecular flexibility index (Phi) is 8.21. The number of fused-ring (bicyclic) bond motifs is 2. The van der Waals surface area contributed by atoms with E-state index in [-0.39, 0.29) is 16.8 Å². The van der Waals surface area contributed by atoms with Crippen molar-refractivity contribution < 1.29 is 9.53 Å². The van der Waals surface area contributed by atoms with Crippen molar-refractivity contribution >= 4 is 27.5 Å². The molecule has 0 aliphatic rings. The third kappa shape index (κ3) is 6.82. The van der Waals surface area contributed by atoms with Crippen LogP contribution in [-0.4, -0.2) is 12.6 Å². The van der Waals surface area contributed by atoms with Crippen molar-refractivity contribution in [2.75, 3.05) is 6.61 Å². The second-order valence-corrected chi connectivity index (χ2v) is 11.2. The number of carbonyl (C=O) groups excluding carboxylic acids is 1. The minimum Gasteiger partial charge on any atom is -0.466 e. The fraction of sp³-hybridized carbons (Fsp3) is 0.516. The Morgan fingerprint density at radius 1 is 0.727 bits per heavy atom. The minimum absolute atomic E-state index is 0.0145. The Morgan fingerprint density at radius 2 is 1.33 bits per heavy atom. The molecule has 0 unspecified atom stereocenters. The van der Waals surface area contributed by atoms with E-state index in [2.05, 4.69) is 90.1 Å². The second-order valence-electron chi connectivity index (χ2n) is 11.2. The first kappa shape index (κ1) is 25.3. The van der Waals surface area contributed by atoms with Crippen molar-refractivity contribution in [3.63, 3.8) is 0 Å². The first-order valence-electron chi connectivity index (χ1n) is 12.7. The Balaban J connectivity index is 1.65. The average Bonchev–Trinajstić information content (AvgIpc) is 2.76. The Bertz CT molecular complexity index is 1090. The number of hydrogen-bond acceptors (Lipinski definition) is 2. The maximum atomic E-state index is 12.1. The molecule has 3 aromatic rings. The molecule has 0 bridgehead atoms. The summed E-state index contributed by atoms with van der Waals surface area (Å²) in [7, 11) is 0. The van der Waals surface area contributed by atoms with Crippen molar-refractivity contribution in [1.29, 1.82) is 0 Å². The summed E-state index contributed by atoms with van der Waals surface area (Å²) in [6, 6.07) is 18.3. The first-order valence-corrected chi connectivity index (χ1v) is 12.7. The molecule has 0 radical (unpaired) electrons. The van der Waals surface area contributed by atoms with Crippen LogP contribution in [0.15, 0.2) is 48.5 Å². The van der Waals surface area contributed by atoms with E-state index >= 15 is 0 Å². The lowest BCUT2D eigenvalue weighted by atomic mass is 9.79. The lowest BCUT2D eigenvalue weighted by molar-refractivity contribution is -0.143. The highest BCUT2D eigenvalue weighted by Crippen LogP contribution is 2.34. The molecule has 0 saturated carbocycles. The van der Waals surface area contributed by atoms with Gasteiger partial charge in [0.1, 0.15) is 0 Å². The molecule has 0 aromatic heterocycles. The Morgan fingerprint density at radius 3 is 1.94 bits per heavy atom. The third-order valence-electron chi connectivity index (χ3n) is 6.89. The summed E-state index contributed by atoms with van der Waals surface area (Å²) in [5.74, 6) is -0.0538. The number of esters is 1. The summed E-state index contributed by atoms with van der Waals surface area (Å²) in [6.45, 7) is 14.1. The maximum absolute atomic E-state index is 12.1. The molecular weight excluding hydrogens is 404 g/mol. The molecule has 33 heavy (non-hydrogen) atoms. The van der Waals surface area contributed by atoms with Crippen molar-refractivity contribution in [3.8, 4) is 0 Å². The maximum Gasteiger partial charge on any atom is 0.305 e. The highest BCUT2D eigenvalue weighted by molar-refractivity contribution is 5.98.